The Morgan fingerprint density at radius 2 is 2.00 bits per heavy atom. The number of anilines is 1. The van der Waals surface area contributed by atoms with E-state index in [0.29, 0.717) is 18.5 Å². The molecule has 1 heterocycles. The van der Waals surface area contributed by atoms with Crippen LogP contribution in [0.1, 0.15) is 19.8 Å². The highest BCUT2D eigenvalue weighted by molar-refractivity contribution is 7.89. The summed E-state index contributed by atoms with van der Waals surface area (Å²) in [6.45, 7) is 2.11. The molecule has 0 saturated carbocycles. The summed E-state index contributed by atoms with van der Waals surface area (Å²) < 4.78 is 38.7. The van der Waals surface area contributed by atoms with Gasteiger partial charge in [-0.2, -0.15) is 0 Å². The van der Waals surface area contributed by atoms with E-state index in [-0.39, 0.29) is 24.7 Å². The van der Waals surface area contributed by atoms with Crippen molar-refractivity contribution in [2.24, 2.45) is 0 Å². The molecule has 0 atom stereocenters. The third-order valence-corrected chi connectivity index (χ3v) is 6.09. The van der Waals surface area contributed by atoms with Crippen molar-refractivity contribution in [1.82, 2.24) is 9.62 Å². The minimum atomic E-state index is -3.27. The van der Waals surface area contributed by atoms with Crippen LogP contribution in [0.5, 0.6) is 0 Å². The Balaban J connectivity index is 2.21. The van der Waals surface area contributed by atoms with Crippen LogP contribution in [-0.2, 0) is 14.8 Å². The van der Waals surface area contributed by atoms with Gasteiger partial charge in [0.05, 0.1) is 5.75 Å². The molecule has 1 saturated heterocycles. The highest BCUT2D eigenvalue weighted by atomic mass is 32.2. The van der Waals surface area contributed by atoms with E-state index in [0.717, 1.165) is 0 Å². The lowest BCUT2D eigenvalue weighted by molar-refractivity contribution is -0.126. The molecule has 0 spiro atoms. The molecule has 128 valence electrons. The van der Waals surface area contributed by atoms with Crippen LogP contribution in [0.15, 0.2) is 24.3 Å². The zero-order valence-corrected chi connectivity index (χ0v) is 14.1. The Labute approximate surface area is 136 Å². The molecule has 23 heavy (non-hydrogen) atoms. The van der Waals surface area contributed by atoms with Gasteiger partial charge in [-0.05, 0) is 38.0 Å². The SMILES string of the molecule is CCS(=O)(=O)N1CCC(Nc2cccc(F)c2)(C(=O)NC)CC1. The minimum Gasteiger partial charge on any atom is -0.371 e. The zero-order valence-electron chi connectivity index (χ0n) is 13.3. The highest BCUT2D eigenvalue weighted by Gasteiger charge is 2.43. The van der Waals surface area contributed by atoms with Crippen LogP contribution in [0.4, 0.5) is 10.1 Å². The topological polar surface area (TPSA) is 78.5 Å². The number of likely N-dealkylation sites (N-methyl/N-ethyl adjacent to an activating group) is 1. The molecule has 1 fully saturated rings. The zero-order chi connectivity index (χ0) is 17.1. The first-order valence-corrected chi connectivity index (χ1v) is 9.17. The molecule has 0 bridgehead atoms. The van der Waals surface area contributed by atoms with Crippen molar-refractivity contribution in [1.29, 1.82) is 0 Å². The lowest BCUT2D eigenvalue weighted by Crippen LogP contribution is -2.58. The summed E-state index contributed by atoms with van der Waals surface area (Å²) in [5.41, 5.74) is -0.442. The number of hydrogen-bond donors (Lipinski definition) is 2. The van der Waals surface area contributed by atoms with E-state index in [1.165, 1.54) is 23.5 Å². The molecule has 1 amide bonds. The number of halogens is 1. The molecule has 0 aromatic heterocycles. The standard InChI is InChI=1S/C15H22FN3O3S/c1-3-23(21,22)19-9-7-15(8-10-19,14(20)17-2)18-13-6-4-5-12(16)11-13/h4-6,11,18H,3,7-10H2,1-2H3,(H,17,20). The third-order valence-electron chi connectivity index (χ3n) is 4.20. The van der Waals surface area contributed by atoms with E-state index < -0.39 is 21.4 Å². The van der Waals surface area contributed by atoms with Crippen molar-refractivity contribution < 1.29 is 17.6 Å². The number of rotatable bonds is 5. The first-order valence-electron chi connectivity index (χ1n) is 7.57. The summed E-state index contributed by atoms with van der Waals surface area (Å²) in [6, 6.07) is 5.89. The molecular formula is C15H22FN3O3S. The van der Waals surface area contributed by atoms with E-state index in [2.05, 4.69) is 10.6 Å². The fourth-order valence-corrected chi connectivity index (χ4v) is 3.92. The first kappa shape index (κ1) is 17.7. The molecule has 1 aromatic carbocycles. The van der Waals surface area contributed by atoms with Crippen molar-refractivity contribution in [3.05, 3.63) is 30.1 Å². The van der Waals surface area contributed by atoms with Gasteiger partial charge in [-0.3, -0.25) is 4.79 Å². The number of nitrogens with one attached hydrogen (secondary N) is 2. The summed E-state index contributed by atoms with van der Waals surface area (Å²) in [5, 5.41) is 5.72. The second kappa shape index (κ2) is 6.84. The number of amides is 1. The maximum absolute atomic E-state index is 13.4. The largest absolute Gasteiger partial charge is 0.371 e. The third kappa shape index (κ3) is 3.81. The molecular weight excluding hydrogens is 321 g/mol. The van der Waals surface area contributed by atoms with Crippen LogP contribution < -0.4 is 10.6 Å². The van der Waals surface area contributed by atoms with Gasteiger partial charge in [0.25, 0.3) is 0 Å². The lowest BCUT2D eigenvalue weighted by Gasteiger charge is -2.40. The fraction of sp³-hybridized carbons (Fsp3) is 0.533. The Morgan fingerprint density at radius 1 is 1.35 bits per heavy atom. The van der Waals surface area contributed by atoms with Crippen LogP contribution in [0, 0.1) is 5.82 Å². The van der Waals surface area contributed by atoms with E-state index in [1.54, 1.807) is 19.1 Å². The number of piperidine rings is 1. The summed E-state index contributed by atoms with van der Waals surface area (Å²) >= 11 is 0. The van der Waals surface area contributed by atoms with Crippen LogP contribution in [0.3, 0.4) is 0 Å². The van der Waals surface area contributed by atoms with Crippen LogP contribution in [0.2, 0.25) is 0 Å². The molecule has 1 aliphatic heterocycles. The Bertz CT molecular complexity index is 670. The number of nitrogens with zero attached hydrogens (tertiary/aromatic N) is 1. The molecule has 6 nitrogen and oxygen atoms in total. The smallest absolute Gasteiger partial charge is 0.245 e. The molecule has 2 N–H and O–H groups in total. The lowest BCUT2D eigenvalue weighted by atomic mass is 9.87. The molecule has 1 aliphatic rings. The number of benzene rings is 1. The number of carbonyl (C=O) groups is 1. The molecule has 0 radical (unpaired) electrons. The average Bonchev–Trinajstić information content (AvgIpc) is 2.54. The van der Waals surface area contributed by atoms with Gasteiger partial charge < -0.3 is 10.6 Å². The van der Waals surface area contributed by atoms with Crippen LogP contribution in [-0.4, -0.2) is 50.1 Å². The molecule has 2 rings (SSSR count). The predicted octanol–water partition coefficient (Wildman–Crippen LogP) is 1.17. The number of carbonyl (C=O) groups excluding carboxylic acids is 1. The maximum atomic E-state index is 13.4. The van der Waals surface area contributed by atoms with Gasteiger partial charge in [0.15, 0.2) is 0 Å². The van der Waals surface area contributed by atoms with E-state index in [1.807, 2.05) is 0 Å². The fourth-order valence-electron chi connectivity index (χ4n) is 2.82. The summed E-state index contributed by atoms with van der Waals surface area (Å²) in [6.07, 6.45) is 0.644. The van der Waals surface area contributed by atoms with Crippen molar-refractivity contribution >= 4 is 21.6 Å². The van der Waals surface area contributed by atoms with E-state index >= 15 is 0 Å². The molecule has 0 unspecified atom stereocenters. The highest BCUT2D eigenvalue weighted by Crippen LogP contribution is 2.29. The Hall–Kier alpha value is -1.67. The average molecular weight is 343 g/mol. The quantitative estimate of drug-likeness (QED) is 0.841. The molecule has 1 aromatic rings. The van der Waals surface area contributed by atoms with Gasteiger partial charge in [-0.15, -0.1) is 0 Å². The van der Waals surface area contributed by atoms with Gasteiger partial charge in [-0.1, -0.05) is 6.07 Å². The van der Waals surface area contributed by atoms with Crippen molar-refractivity contribution in [2.45, 2.75) is 25.3 Å². The first-order chi connectivity index (χ1) is 10.8. The second-order valence-corrected chi connectivity index (χ2v) is 7.85. The summed E-state index contributed by atoms with van der Waals surface area (Å²) in [5.74, 6) is -0.583. The van der Waals surface area contributed by atoms with Gasteiger partial charge in [-0.25, -0.2) is 17.1 Å². The van der Waals surface area contributed by atoms with E-state index in [9.17, 15) is 17.6 Å². The minimum absolute atomic E-state index is 0.0390. The predicted molar refractivity (Wildman–Crippen MR) is 87.1 cm³/mol. The number of hydrogen-bond acceptors (Lipinski definition) is 4. The second-order valence-electron chi connectivity index (χ2n) is 5.60. The molecule has 8 heteroatoms. The van der Waals surface area contributed by atoms with Gasteiger partial charge >= 0.3 is 0 Å². The molecule has 0 aliphatic carbocycles. The van der Waals surface area contributed by atoms with Gasteiger partial charge in [0.2, 0.25) is 15.9 Å². The van der Waals surface area contributed by atoms with Crippen molar-refractivity contribution in [3.63, 3.8) is 0 Å². The maximum Gasteiger partial charge on any atom is 0.245 e. The van der Waals surface area contributed by atoms with Gasteiger partial charge in [0.1, 0.15) is 11.4 Å². The van der Waals surface area contributed by atoms with Crippen molar-refractivity contribution in [2.75, 3.05) is 31.2 Å². The Kier molecular flexibility index (Phi) is 5.26. The van der Waals surface area contributed by atoms with Gasteiger partial charge in [0, 0.05) is 25.8 Å². The summed E-state index contributed by atoms with van der Waals surface area (Å²) in [7, 11) is -1.74. The Morgan fingerprint density at radius 3 is 2.52 bits per heavy atom. The normalized spacial score (nSPS) is 18.4. The number of sulfonamides is 1. The summed E-state index contributed by atoms with van der Waals surface area (Å²) in [4.78, 5) is 12.4. The van der Waals surface area contributed by atoms with Crippen molar-refractivity contribution in [3.8, 4) is 0 Å². The monoisotopic (exact) mass is 343 g/mol. The van der Waals surface area contributed by atoms with Crippen LogP contribution in [0.25, 0.3) is 0 Å². The van der Waals surface area contributed by atoms with Crippen LogP contribution >= 0.6 is 0 Å². The van der Waals surface area contributed by atoms with E-state index in [4.69, 9.17) is 0 Å².